The molecular weight excluding hydrogens is 302 g/mol. The molecule has 1 fully saturated rings. The smallest absolute Gasteiger partial charge is 0.159 e. The molecule has 1 unspecified atom stereocenters. The zero-order valence-corrected chi connectivity index (χ0v) is 14.0. The molecule has 3 aromatic rings. The Kier molecular flexibility index (Phi) is 3.57. The van der Waals surface area contributed by atoms with Gasteiger partial charge in [0, 0.05) is 47.1 Å². The summed E-state index contributed by atoms with van der Waals surface area (Å²) in [6.45, 7) is 6.74. The highest BCUT2D eigenvalue weighted by Gasteiger charge is 2.30. The van der Waals surface area contributed by atoms with E-state index >= 15 is 0 Å². The second-order valence-electron chi connectivity index (χ2n) is 7.34. The molecule has 124 valence electrons. The third kappa shape index (κ3) is 2.57. The summed E-state index contributed by atoms with van der Waals surface area (Å²) in [7, 11) is 0. The minimum absolute atomic E-state index is 0.300. The van der Waals surface area contributed by atoms with Crippen LogP contribution < -0.4 is 0 Å². The van der Waals surface area contributed by atoms with Crippen LogP contribution in [0.2, 0.25) is 0 Å². The predicted molar refractivity (Wildman–Crippen MR) is 92.8 cm³/mol. The molecule has 0 aliphatic carbocycles. The van der Waals surface area contributed by atoms with Gasteiger partial charge in [0.05, 0.1) is 18.0 Å². The highest BCUT2D eigenvalue weighted by Crippen LogP contribution is 2.34. The SMILES string of the molecule is CC(C)(C=O)CN1CCC(c2[nH]cnc3cnc4nccc4c23)C1. The van der Waals surface area contributed by atoms with E-state index in [9.17, 15) is 4.79 Å². The minimum Gasteiger partial charge on any atom is -0.349 e. The minimum atomic E-state index is -0.300. The van der Waals surface area contributed by atoms with Crippen LogP contribution in [-0.4, -0.2) is 50.8 Å². The van der Waals surface area contributed by atoms with Crippen molar-refractivity contribution in [1.29, 1.82) is 0 Å². The van der Waals surface area contributed by atoms with E-state index in [-0.39, 0.29) is 5.41 Å². The second kappa shape index (κ2) is 5.63. The average molecular weight is 323 g/mol. The molecule has 0 saturated carbocycles. The first-order chi connectivity index (χ1) is 11.6. The van der Waals surface area contributed by atoms with Crippen molar-refractivity contribution in [3.8, 4) is 0 Å². The van der Waals surface area contributed by atoms with Gasteiger partial charge in [0.15, 0.2) is 5.65 Å². The summed E-state index contributed by atoms with van der Waals surface area (Å²) in [6, 6.07) is 2.01. The van der Waals surface area contributed by atoms with Crippen LogP contribution in [0.3, 0.4) is 0 Å². The van der Waals surface area contributed by atoms with Crippen molar-refractivity contribution in [2.45, 2.75) is 26.2 Å². The Balaban J connectivity index is 1.70. The van der Waals surface area contributed by atoms with Gasteiger partial charge in [-0.05, 0) is 19.0 Å². The van der Waals surface area contributed by atoms with Gasteiger partial charge in [0.25, 0.3) is 0 Å². The summed E-state index contributed by atoms with van der Waals surface area (Å²) in [5.41, 5.74) is 2.57. The van der Waals surface area contributed by atoms with Crippen molar-refractivity contribution in [3.63, 3.8) is 0 Å². The van der Waals surface area contributed by atoms with E-state index in [2.05, 4.69) is 24.8 Å². The summed E-state index contributed by atoms with van der Waals surface area (Å²) in [4.78, 5) is 30.1. The number of aromatic amines is 1. The Morgan fingerprint density at radius 2 is 2.25 bits per heavy atom. The van der Waals surface area contributed by atoms with E-state index in [1.165, 1.54) is 5.69 Å². The van der Waals surface area contributed by atoms with E-state index in [0.717, 1.165) is 54.3 Å². The van der Waals surface area contributed by atoms with Crippen molar-refractivity contribution >= 4 is 28.2 Å². The Morgan fingerprint density at radius 1 is 1.38 bits per heavy atom. The Hall–Kier alpha value is -2.34. The fraction of sp³-hybridized carbons (Fsp3) is 0.444. The molecule has 1 saturated heterocycles. The summed E-state index contributed by atoms with van der Waals surface area (Å²) in [5.74, 6) is 0.401. The van der Waals surface area contributed by atoms with Gasteiger partial charge in [-0.15, -0.1) is 0 Å². The summed E-state index contributed by atoms with van der Waals surface area (Å²) < 4.78 is 0. The third-order valence-corrected chi connectivity index (χ3v) is 4.84. The fourth-order valence-corrected chi connectivity index (χ4v) is 3.72. The number of hydrogen-bond acceptors (Lipinski definition) is 5. The predicted octanol–water partition coefficient (Wildman–Crippen LogP) is 2.52. The molecule has 1 N–H and O–H groups in total. The van der Waals surface area contributed by atoms with Gasteiger partial charge in [0.1, 0.15) is 6.29 Å². The van der Waals surface area contributed by atoms with E-state index < -0.39 is 0 Å². The molecule has 6 heteroatoms. The van der Waals surface area contributed by atoms with Gasteiger partial charge in [0.2, 0.25) is 0 Å². The molecule has 0 radical (unpaired) electrons. The van der Waals surface area contributed by atoms with Crippen LogP contribution in [0.1, 0.15) is 31.9 Å². The monoisotopic (exact) mass is 323 g/mol. The van der Waals surface area contributed by atoms with Crippen LogP contribution in [0.4, 0.5) is 0 Å². The van der Waals surface area contributed by atoms with E-state index in [4.69, 9.17) is 0 Å². The fourth-order valence-electron chi connectivity index (χ4n) is 3.72. The molecule has 4 rings (SSSR count). The number of nitrogens with one attached hydrogen (secondary N) is 1. The van der Waals surface area contributed by atoms with E-state index in [1.807, 2.05) is 19.9 Å². The van der Waals surface area contributed by atoms with Gasteiger partial charge in [-0.25, -0.2) is 15.0 Å². The van der Waals surface area contributed by atoms with Crippen LogP contribution in [0.5, 0.6) is 0 Å². The molecule has 1 atom stereocenters. The van der Waals surface area contributed by atoms with Gasteiger partial charge in [-0.3, -0.25) is 0 Å². The van der Waals surface area contributed by atoms with Gasteiger partial charge in [-0.2, -0.15) is 0 Å². The Morgan fingerprint density at radius 3 is 3.08 bits per heavy atom. The summed E-state index contributed by atoms with van der Waals surface area (Å²) in [5, 5.41) is 2.18. The van der Waals surface area contributed by atoms with Crippen LogP contribution in [-0.2, 0) is 4.79 Å². The number of hydrogen-bond donors (Lipinski definition) is 1. The topological polar surface area (TPSA) is 74.8 Å². The molecule has 0 amide bonds. The Labute approximate surface area is 140 Å². The number of pyridine rings is 1. The van der Waals surface area contributed by atoms with Gasteiger partial charge in [-0.1, -0.05) is 13.8 Å². The maximum absolute atomic E-state index is 11.2. The van der Waals surface area contributed by atoms with Crippen LogP contribution in [0.15, 0.2) is 24.8 Å². The highest BCUT2D eigenvalue weighted by molar-refractivity contribution is 6.04. The van der Waals surface area contributed by atoms with Crippen molar-refractivity contribution in [2.24, 2.45) is 5.41 Å². The molecule has 0 spiro atoms. The molecule has 6 nitrogen and oxygen atoms in total. The van der Waals surface area contributed by atoms with E-state index in [0.29, 0.717) is 5.92 Å². The van der Waals surface area contributed by atoms with Crippen molar-refractivity contribution in [1.82, 2.24) is 24.8 Å². The summed E-state index contributed by atoms with van der Waals surface area (Å²) >= 11 is 0. The first-order valence-electron chi connectivity index (χ1n) is 8.33. The quantitative estimate of drug-likeness (QED) is 0.747. The Bertz CT molecular complexity index is 901. The number of H-pyrrole nitrogens is 1. The molecule has 1 aliphatic heterocycles. The molecule has 4 heterocycles. The van der Waals surface area contributed by atoms with Crippen molar-refractivity contribution < 1.29 is 4.79 Å². The maximum atomic E-state index is 11.2. The largest absolute Gasteiger partial charge is 0.349 e. The van der Waals surface area contributed by atoms with Crippen molar-refractivity contribution in [2.75, 3.05) is 19.6 Å². The number of nitrogens with zero attached hydrogens (tertiary/aromatic N) is 4. The molecule has 0 aromatic carbocycles. The maximum Gasteiger partial charge on any atom is 0.159 e. The number of aromatic nitrogens is 4. The normalized spacial score (nSPS) is 19.3. The molecular formula is C18H21N5O. The zero-order valence-electron chi connectivity index (χ0n) is 14.0. The number of aldehydes is 1. The molecule has 1 aliphatic rings. The van der Waals surface area contributed by atoms with E-state index in [1.54, 1.807) is 18.7 Å². The van der Waals surface area contributed by atoms with Crippen molar-refractivity contribution in [3.05, 3.63) is 30.5 Å². The third-order valence-electron chi connectivity index (χ3n) is 4.84. The second-order valence-corrected chi connectivity index (χ2v) is 7.34. The van der Waals surface area contributed by atoms with Crippen LogP contribution >= 0.6 is 0 Å². The van der Waals surface area contributed by atoms with Gasteiger partial charge >= 0.3 is 0 Å². The number of rotatable bonds is 4. The molecule has 0 bridgehead atoms. The lowest BCUT2D eigenvalue weighted by molar-refractivity contribution is -0.115. The number of likely N-dealkylation sites (tertiary alicyclic amines) is 1. The lowest BCUT2D eigenvalue weighted by Gasteiger charge is -2.25. The number of fused-ring (bicyclic) bond motifs is 3. The molecule has 3 aromatic heterocycles. The van der Waals surface area contributed by atoms with Crippen LogP contribution in [0.25, 0.3) is 21.9 Å². The van der Waals surface area contributed by atoms with Gasteiger partial charge < -0.3 is 14.7 Å². The first-order valence-corrected chi connectivity index (χ1v) is 8.33. The zero-order chi connectivity index (χ0) is 16.7. The number of carbonyl (C=O) groups is 1. The average Bonchev–Trinajstić information content (AvgIpc) is 3.22. The van der Waals surface area contributed by atoms with Crippen LogP contribution in [0, 0.1) is 5.41 Å². The lowest BCUT2D eigenvalue weighted by atomic mass is 9.95. The summed E-state index contributed by atoms with van der Waals surface area (Å²) in [6.07, 6.45) is 7.47. The number of carbonyl (C=O) groups excluding carboxylic acids is 1. The highest BCUT2D eigenvalue weighted by atomic mass is 16.1. The standard InChI is InChI=1S/C18H21N5O/c1-18(2,10-24)9-23-6-4-12(8-23)16-15-13-3-5-19-17(13)20-7-14(15)21-11-22-16/h3,5,7,10-12H,4,6,8-9H2,1-2H3,(H,21,22). The lowest BCUT2D eigenvalue weighted by Crippen LogP contribution is -2.33. The molecule has 24 heavy (non-hydrogen) atoms. The first kappa shape index (κ1) is 15.2.